The summed E-state index contributed by atoms with van der Waals surface area (Å²) in [5, 5.41) is 21.8. The molecule has 0 saturated carbocycles. The largest absolute Gasteiger partial charge is 0.503 e. The van der Waals surface area contributed by atoms with Gasteiger partial charge < -0.3 is 24.6 Å². The molecule has 0 heterocycles. The standard InChI is InChI=1S/C19H17BrN2O5/c1-25-15-5-4-13(9-16(15)26-2)22-19(24)12(10-21)6-11-7-14(20)18(23)17(8-11)27-3/h4-9,23H,1-3H3,(H,22,24)/b12-6+. The highest BCUT2D eigenvalue weighted by Crippen LogP contribution is 2.36. The molecule has 0 atom stereocenters. The van der Waals surface area contributed by atoms with Crippen LogP contribution in [-0.2, 0) is 4.79 Å². The van der Waals surface area contributed by atoms with Crippen molar-refractivity contribution < 1.29 is 24.1 Å². The van der Waals surface area contributed by atoms with E-state index >= 15 is 0 Å². The lowest BCUT2D eigenvalue weighted by Crippen LogP contribution is -2.13. The summed E-state index contributed by atoms with van der Waals surface area (Å²) in [6.45, 7) is 0. The van der Waals surface area contributed by atoms with Crippen LogP contribution in [-0.4, -0.2) is 32.3 Å². The number of phenols is 1. The Kier molecular flexibility index (Phi) is 6.68. The van der Waals surface area contributed by atoms with Crippen LogP contribution < -0.4 is 19.5 Å². The molecule has 7 nitrogen and oxygen atoms in total. The van der Waals surface area contributed by atoms with E-state index in [9.17, 15) is 15.2 Å². The third kappa shape index (κ3) is 4.71. The molecule has 0 aliphatic heterocycles. The number of anilines is 1. The molecule has 0 aliphatic carbocycles. The first kappa shape index (κ1) is 20.1. The number of nitrogens with one attached hydrogen (secondary N) is 1. The number of nitriles is 1. The Hall–Kier alpha value is -3.18. The van der Waals surface area contributed by atoms with Gasteiger partial charge in [-0.15, -0.1) is 0 Å². The maximum Gasteiger partial charge on any atom is 0.266 e. The highest BCUT2D eigenvalue weighted by Gasteiger charge is 2.13. The van der Waals surface area contributed by atoms with E-state index in [2.05, 4.69) is 21.2 Å². The summed E-state index contributed by atoms with van der Waals surface area (Å²) in [7, 11) is 4.40. The van der Waals surface area contributed by atoms with Gasteiger partial charge in [-0.2, -0.15) is 5.26 Å². The van der Waals surface area contributed by atoms with Crippen molar-refractivity contribution in [2.24, 2.45) is 0 Å². The number of hydrogen-bond donors (Lipinski definition) is 2. The molecule has 2 rings (SSSR count). The van der Waals surface area contributed by atoms with Gasteiger partial charge in [0.2, 0.25) is 0 Å². The fourth-order valence-electron chi connectivity index (χ4n) is 2.26. The second-order valence-electron chi connectivity index (χ2n) is 5.25. The first-order valence-electron chi connectivity index (χ1n) is 7.65. The Balaban J connectivity index is 2.30. The van der Waals surface area contributed by atoms with E-state index in [0.29, 0.717) is 27.2 Å². The van der Waals surface area contributed by atoms with Gasteiger partial charge in [-0.1, -0.05) is 0 Å². The van der Waals surface area contributed by atoms with Crippen LogP contribution in [0, 0.1) is 11.3 Å². The third-order valence-corrected chi connectivity index (χ3v) is 4.19. The lowest BCUT2D eigenvalue weighted by atomic mass is 10.1. The first-order chi connectivity index (χ1) is 12.9. The molecule has 2 N–H and O–H groups in total. The Morgan fingerprint density at radius 3 is 2.37 bits per heavy atom. The quantitative estimate of drug-likeness (QED) is 0.532. The lowest BCUT2D eigenvalue weighted by molar-refractivity contribution is -0.112. The Bertz CT molecular complexity index is 934. The van der Waals surface area contributed by atoms with Crippen molar-refractivity contribution in [2.75, 3.05) is 26.6 Å². The SMILES string of the molecule is COc1ccc(NC(=O)/C(C#N)=C/c2cc(Br)c(O)c(OC)c2)cc1OC. The van der Waals surface area contributed by atoms with Crippen LogP contribution in [0.3, 0.4) is 0 Å². The molecule has 2 aromatic rings. The van der Waals surface area contributed by atoms with Crippen molar-refractivity contribution in [3.05, 3.63) is 45.9 Å². The number of nitrogens with zero attached hydrogens (tertiary/aromatic N) is 1. The summed E-state index contributed by atoms with van der Waals surface area (Å²) >= 11 is 3.20. The van der Waals surface area contributed by atoms with Crippen molar-refractivity contribution in [1.82, 2.24) is 0 Å². The molecule has 27 heavy (non-hydrogen) atoms. The summed E-state index contributed by atoms with van der Waals surface area (Å²) in [6.07, 6.45) is 1.39. The number of halogens is 1. The molecule has 0 saturated heterocycles. The molecule has 140 valence electrons. The van der Waals surface area contributed by atoms with Gasteiger partial charge in [-0.05, 0) is 51.8 Å². The van der Waals surface area contributed by atoms with Gasteiger partial charge in [0, 0.05) is 11.8 Å². The number of phenolic OH excluding ortho intramolecular Hbond substituents is 1. The Morgan fingerprint density at radius 2 is 1.78 bits per heavy atom. The zero-order valence-corrected chi connectivity index (χ0v) is 16.5. The molecule has 2 aromatic carbocycles. The van der Waals surface area contributed by atoms with Gasteiger partial charge in [0.25, 0.3) is 5.91 Å². The minimum absolute atomic E-state index is 0.0667. The molecule has 0 bridgehead atoms. The number of benzene rings is 2. The number of hydrogen-bond acceptors (Lipinski definition) is 6. The van der Waals surface area contributed by atoms with E-state index in [4.69, 9.17) is 14.2 Å². The number of ether oxygens (including phenoxy) is 3. The van der Waals surface area contributed by atoms with E-state index in [1.54, 1.807) is 24.3 Å². The maximum atomic E-state index is 12.4. The van der Waals surface area contributed by atoms with E-state index < -0.39 is 5.91 Å². The molecule has 0 aromatic heterocycles. The van der Waals surface area contributed by atoms with E-state index in [0.717, 1.165) is 0 Å². The van der Waals surface area contributed by atoms with Gasteiger partial charge in [0.15, 0.2) is 23.0 Å². The number of carbonyl (C=O) groups is 1. The fourth-order valence-corrected chi connectivity index (χ4v) is 2.72. The van der Waals surface area contributed by atoms with E-state index in [1.165, 1.54) is 33.5 Å². The predicted molar refractivity (Wildman–Crippen MR) is 104 cm³/mol. The van der Waals surface area contributed by atoms with Gasteiger partial charge in [0.05, 0.1) is 25.8 Å². The van der Waals surface area contributed by atoms with Crippen molar-refractivity contribution in [3.63, 3.8) is 0 Å². The minimum Gasteiger partial charge on any atom is -0.503 e. The molecule has 1 amide bonds. The molecule has 0 fully saturated rings. The summed E-state index contributed by atoms with van der Waals surface area (Å²) in [6, 6.07) is 9.82. The van der Waals surface area contributed by atoms with Gasteiger partial charge in [-0.3, -0.25) is 4.79 Å². The molecule has 0 radical (unpaired) electrons. The van der Waals surface area contributed by atoms with Crippen molar-refractivity contribution in [2.45, 2.75) is 0 Å². The molecule has 0 spiro atoms. The summed E-state index contributed by atoms with van der Waals surface area (Å²) in [5.41, 5.74) is 0.836. The Labute approximate surface area is 164 Å². The van der Waals surface area contributed by atoms with Crippen LogP contribution in [0.5, 0.6) is 23.0 Å². The third-order valence-electron chi connectivity index (χ3n) is 3.59. The highest BCUT2D eigenvalue weighted by atomic mass is 79.9. The Morgan fingerprint density at radius 1 is 1.11 bits per heavy atom. The van der Waals surface area contributed by atoms with Crippen LogP contribution in [0.15, 0.2) is 40.4 Å². The summed E-state index contributed by atoms with van der Waals surface area (Å²) < 4.78 is 15.8. The molecule has 0 unspecified atom stereocenters. The minimum atomic E-state index is -0.590. The smallest absolute Gasteiger partial charge is 0.266 e. The summed E-state index contributed by atoms with van der Waals surface area (Å²) in [4.78, 5) is 12.4. The first-order valence-corrected chi connectivity index (χ1v) is 8.44. The van der Waals surface area contributed by atoms with Crippen LogP contribution in [0.25, 0.3) is 6.08 Å². The maximum absolute atomic E-state index is 12.4. The topological polar surface area (TPSA) is 101 Å². The van der Waals surface area contributed by atoms with Crippen molar-refractivity contribution >= 4 is 33.6 Å². The molecule has 0 aliphatic rings. The lowest BCUT2D eigenvalue weighted by Gasteiger charge is -2.10. The van der Waals surface area contributed by atoms with Crippen molar-refractivity contribution in [1.29, 1.82) is 5.26 Å². The van der Waals surface area contributed by atoms with Crippen molar-refractivity contribution in [3.8, 4) is 29.1 Å². The van der Waals surface area contributed by atoms with Gasteiger partial charge >= 0.3 is 0 Å². The second-order valence-corrected chi connectivity index (χ2v) is 6.10. The van der Waals surface area contributed by atoms with Gasteiger partial charge in [0.1, 0.15) is 11.6 Å². The van der Waals surface area contributed by atoms with Crippen LogP contribution in [0.1, 0.15) is 5.56 Å². The van der Waals surface area contributed by atoms with Crippen LogP contribution >= 0.6 is 15.9 Å². The number of carbonyl (C=O) groups excluding carboxylic acids is 1. The average molecular weight is 433 g/mol. The average Bonchev–Trinajstić information content (AvgIpc) is 2.68. The molecular formula is C19H17BrN2O5. The number of rotatable bonds is 6. The van der Waals surface area contributed by atoms with E-state index in [1.807, 2.05) is 6.07 Å². The summed E-state index contributed by atoms with van der Waals surface area (Å²) in [5.74, 6) is 0.529. The fraction of sp³-hybridized carbons (Fsp3) is 0.158. The highest BCUT2D eigenvalue weighted by molar-refractivity contribution is 9.10. The number of aromatic hydroxyl groups is 1. The number of amides is 1. The van der Waals surface area contributed by atoms with E-state index in [-0.39, 0.29) is 17.1 Å². The zero-order chi connectivity index (χ0) is 20.0. The monoisotopic (exact) mass is 432 g/mol. The van der Waals surface area contributed by atoms with Crippen LogP contribution in [0.2, 0.25) is 0 Å². The zero-order valence-electron chi connectivity index (χ0n) is 14.9. The van der Waals surface area contributed by atoms with Crippen LogP contribution in [0.4, 0.5) is 5.69 Å². The molecule has 8 heteroatoms. The normalized spacial score (nSPS) is 10.7. The number of methoxy groups -OCH3 is 3. The van der Waals surface area contributed by atoms with Gasteiger partial charge in [-0.25, -0.2) is 0 Å². The molecular weight excluding hydrogens is 416 g/mol. The predicted octanol–water partition coefficient (Wildman–Crippen LogP) is 3.73. The second kappa shape index (κ2) is 8.96.